The fraction of sp³-hybridized carbons (Fsp3) is 0.857. The lowest BCUT2D eigenvalue weighted by atomic mass is 10.3. The largest absolute Gasteiger partial charge is 0.397 e. The number of alkyl halides is 3. The van der Waals surface area contributed by atoms with Crippen LogP contribution in [0.4, 0.5) is 13.2 Å². The van der Waals surface area contributed by atoms with Gasteiger partial charge >= 0.3 is 6.18 Å². The lowest BCUT2D eigenvalue weighted by Gasteiger charge is -2.15. The molecule has 0 aliphatic carbocycles. The second-order valence-corrected chi connectivity index (χ2v) is 2.88. The van der Waals surface area contributed by atoms with Gasteiger partial charge in [-0.2, -0.15) is 13.2 Å². The van der Waals surface area contributed by atoms with Crippen LogP contribution in [0.25, 0.3) is 0 Å². The molecular weight excluding hydrogens is 171 g/mol. The van der Waals surface area contributed by atoms with Gasteiger partial charge in [0.15, 0.2) is 0 Å². The molecule has 0 saturated carbocycles. The Morgan fingerprint density at radius 3 is 2.17 bits per heavy atom. The molecule has 1 heterocycles. The summed E-state index contributed by atoms with van der Waals surface area (Å²) in [5, 5.41) is 0. The molecule has 12 heavy (non-hydrogen) atoms. The molecule has 5 heteroatoms. The first-order valence-corrected chi connectivity index (χ1v) is 3.83. The van der Waals surface area contributed by atoms with E-state index in [-0.39, 0.29) is 0 Å². The van der Waals surface area contributed by atoms with Gasteiger partial charge in [-0.1, -0.05) is 0 Å². The van der Waals surface area contributed by atoms with E-state index in [1.165, 1.54) is 4.90 Å². The molecule has 0 aromatic rings. The highest BCUT2D eigenvalue weighted by Crippen LogP contribution is 2.21. The maximum Gasteiger partial charge on any atom is 0.397 e. The standard InChI is InChI=1S/C7H10F3NO/c8-7(9,10)5-6(12)11-3-1-2-4-11/h1-5H2. The van der Waals surface area contributed by atoms with Crippen molar-refractivity contribution in [1.82, 2.24) is 4.90 Å². The van der Waals surface area contributed by atoms with E-state index in [4.69, 9.17) is 0 Å². The monoisotopic (exact) mass is 181 g/mol. The highest BCUT2D eigenvalue weighted by atomic mass is 19.4. The molecule has 0 bridgehead atoms. The van der Waals surface area contributed by atoms with Crippen molar-refractivity contribution >= 4 is 5.91 Å². The highest BCUT2D eigenvalue weighted by Gasteiger charge is 2.33. The first-order valence-electron chi connectivity index (χ1n) is 3.83. The summed E-state index contributed by atoms with van der Waals surface area (Å²) in [6.45, 7) is 0.962. The number of hydrogen-bond acceptors (Lipinski definition) is 1. The molecule has 1 rings (SSSR count). The molecule has 0 spiro atoms. The predicted octanol–water partition coefficient (Wildman–Crippen LogP) is 1.56. The van der Waals surface area contributed by atoms with Crippen LogP contribution in [0.15, 0.2) is 0 Å². The third-order valence-electron chi connectivity index (χ3n) is 1.81. The number of carbonyl (C=O) groups is 1. The summed E-state index contributed by atoms with van der Waals surface area (Å²) >= 11 is 0. The van der Waals surface area contributed by atoms with Crippen molar-refractivity contribution in [1.29, 1.82) is 0 Å². The molecule has 0 atom stereocenters. The minimum Gasteiger partial charge on any atom is -0.342 e. The number of nitrogens with zero attached hydrogens (tertiary/aromatic N) is 1. The van der Waals surface area contributed by atoms with Gasteiger partial charge in [0.25, 0.3) is 0 Å². The topological polar surface area (TPSA) is 20.3 Å². The Morgan fingerprint density at radius 1 is 1.25 bits per heavy atom. The quantitative estimate of drug-likeness (QED) is 0.601. The minimum atomic E-state index is -4.36. The molecule has 1 aliphatic rings. The molecule has 0 aromatic heterocycles. The molecule has 0 unspecified atom stereocenters. The number of amides is 1. The van der Waals surface area contributed by atoms with E-state index in [1.807, 2.05) is 0 Å². The van der Waals surface area contributed by atoms with Crippen molar-refractivity contribution in [3.8, 4) is 0 Å². The zero-order chi connectivity index (χ0) is 9.19. The van der Waals surface area contributed by atoms with Crippen LogP contribution in [0, 0.1) is 0 Å². The molecule has 0 radical (unpaired) electrons. The molecule has 2 nitrogen and oxygen atoms in total. The predicted molar refractivity (Wildman–Crippen MR) is 36.5 cm³/mol. The normalized spacial score (nSPS) is 18.4. The molecule has 1 saturated heterocycles. The second-order valence-electron chi connectivity index (χ2n) is 2.88. The number of hydrogen-bond donors (Lipinski definition) is 0. The third kappa shape index (κ3) is 2.71. The van der Waals surface area contributed by atoms with E-state index in [0.717, 1.165) is 12.8 Å². The molecule has 1 aliphatic heterocycles. The van der Waals surface area contributed by atoms with E-state index < -0.39 is 18.5 Å². The maximum absolute atomic E-state index is 11.7. The number of rotatable bonds is 1. The summed E-state index contributed by atoms with van der Waals surface area (Å²) in [7, 11) is 0. The van der Waals surface area contributed by atoms with Gasteiger partial charge < -0.3 is 4.90 Å². The molecule has 0 N–H and O–H groups in total. The van der Waals surface area contributed by atoms with Crippen molar-refractivity contribution in [2.75, 3.05) is 13.1 Å². The van der Waals surface area contributed by atoms with Gasteiger partial charge in [0.2, 0.25) is 5.91 Å². The zero-order valence-electron chi connectivity index (χ0n) is 6.52. The van der Waals surface area contributed by atoms with Crippen LogP contribution in [-0.2, 0) is 4.79 Å². The van der Waals surface area contributed by atoms with Gasteiger partial charge in [-0.25, -0.2) is 0 Å². The number of halogens is 3. The highest BCUT2D eigenvalue weighted by molar-refractivity contribution is 5.77. The van der Waals surface area contributed by atoms with Crippen molar-refractivity contribution in [3.05, 3.63) is 0 Å². The van der Waals surface area contributed by atoms with Crippen LogP contribution >= 0.6 is 0 Å². The summed E-state index contributed by atoms with van der Waals surface area (Å²) in [4.78, 5) is 12.1. The molecule has 1 amide bonds. The van der Waals surface area contributed by atoms with E-state index in [1.54, 1.807) is 0 Å². The Hall–Kier alpha value is -0.740. The van der Waals surface area contributed by atoms with Crippen molar-refractivity contribution in [3.63, 3.8) is 0 Å². The van der Waals surface area contributed by atoms with Crippen molar-refractivity contribution < 1.29 is 18.0 Å². The van der Waals surface area contributed by atoms with Crippen LogP contribution in [-0.4, -0.2) is 30.1 Å². The zero-order valence-corrected chi connectivity index (χ0v) is 6.52. The van der Waals surface area contributed by atoms with Crippen LogP contribution in [0.5, 0.6) is 0 Å². The first kappa shape index (κ1) is 9.35. The summed E-state index contributed by atoms with van der Waals surface area (Å²) in [5.41, 5.74) is 0. The van der Waals surface area contributed by atoms with E-state index in [9.17, 15) is 18.0 Å². The summed E-state index contributed by atoms with van der Waals surface area (Å²) < 4.78 is 35.1. The van der Waals surface area contributed by atoms with E-state index >= 15 is 0 Å². The van der Waals surface area contributed by atoms with Crippen molar-refractivity contribution in [2.24, 2.45) is 0 Å². The van der Waals surface area contributed by atoms with Crippen LogP contribution in [0.2, 0.25) is 0 Å². The average Bonchev–Trinajstić information content (AvgIpc) is 2.32. The lowest BCUT2D eigenvalue weighted by Crippen LogP contribution is -2.31. The second kappa shape index (κ2) is 3.33. The van der Waals surface area contributed by atoms with Gasteiger partial charge in [-0.15, -0.1) is 0 Å². The molecule has 0 aromatic carbocycles. The lowest BCUT2D eigenvalue weighted by molar-refractivity contribution is -0.160. The first-order chi connectivity index (χ1) is 5.49. The molecule has 1 fully saturated rings. The Balaban J connectivity index is 2.37. The SMILES string of the molecule is O=C(CC(F)(F)F)N1CCCC1. The smallest absolute Gasteiger partial charge is 0.342 e. The van der Waals surface area contributed by atoms with Gasteiger partial charge in [0.1, 0.15) is 6.42 Å². The minimum absolute atomic E-state index is 0.481. The fourth-order valence-corrected chi connectivity index (χ4v) is 1.25. The third-order valence-corrected chi connectivity index (χ3v) is 1.81. The van der Waals surface area contributed by atoms with Crippen LogP contribution < -0.4 is 0 Å². The van der Waals surface area contributed by atoms with Gasteiger partial charge in [0.05, 0.1) is 0 Å². The van der Waals surface area contributed by atoms with Crippen LogP contribution in [0.1, 0.15) is 19.3 Å². The Kier molecular flexibility index (Phi) is 2.59. The maximum atomic E-state index is 11.7. The fourth-order valence-electron chi connectivity index (χ4n) is 1.25. The molecular formula is C7H10F3NO. The average molecular weight is 181 g/mol. The van der Waals surface area contributed by atoms with Gasteiger partial charge in [0, 0.05) is 13.1 Å². The van der Waals surface area contributed by atoms with E-state index in [2.05, 4.69) is 0 Å². The number of likely N-dealkylation sites (tertiary alicyclic amines) is 1. The Bertz CT molecular complexity index is 172. The van der Waals surface area contributed by atoms with E-state index in [0.29, 0.717) is 13.1 Å². The Labute approximate surface area is 68.3 Å². The summed E-state index contributed by atoms with van der Waals surface area (Å²) in [6, 6.07) is 0. The summed E-state index contributed by atoms with van der Waals surface area (Å²) in [5.74, 6) is -0.792. The van der Waals surface area contributed by atoms with Gasteiger partial charge in [-0.3, -0.25) is 4.79 Å². The Morgan fingerprint density at radius 2 is 1.75 bits per heavy atom. The number of carbonyl (C=O) groups excluding carboxylic acids is 1. The van der Waals surface area contributed by atoms with Gasteiger partial charge in [-0.05, 0) is 12.8 Å². The molecule has 70 valence electrons. The summed E-state index contributed by atoms with van der Waals surface area (Å²) in [6.07, 6.45) is -4.03. The van der Waals surface area contributed by atoms with Crippen molar-refractivity contribution in [2.45, 2.75) is 25.4 Å². The van der Waals surface area contributed by atoms with Crippen LogP contribution in [0.3, 0.4) is 0 Å².